The molecule has 4 rings (SSSR count). The SMILES string of the molecule is COCCOC(=O)NC[C@@H]1C[C@@H]2c3cccc4[nH]cc(c34)C[C@H]2N(C)C1.O=C(O)C(O)C(O)C(=O)O. The number of methoxy groups -OCH3 is 1. The normalized spacial score (nSPS) is 22.5. The Labute approximate surface area is 207 Å². The van der Waals surface area contributed by atoms with E-state index in [1.54, 1.807) is 7.11 Å². The van der Waals surface area contributed by atoms with E-state index in [-0.39, 0.29) is 12.7 Å². The van der Waals surface area contributed by atoms with Crippen molar-refractivity contribution in [3.05, 3.63) is 35.5 Å². The molecule has 2 heterocycles. The largest absolute Gasteiger partial charge is 0.479 e. The molecule has 36 heavy (non-hydrogen) atoms. The van der Waals surface area contributed by atoms with Crippen LogP contribution in [0.4, 0.5) is 4.79 Å². The molecule has 1 aliphatic heterocycles. The molecule has 12 nitrogen and oxygen atoms in total. The van der Waals surface area contributed by atoms with Crippen molar-refractivity contribution in [1.29, 1.82) is 0 Å². The number of alkyl carbamates (subject to hydrolysis) is 1. The molecule has 5 atom stereocenters. The van der Waals surface area contributed by atoms with Gasteiger partial charge in [-0.15, -0.1) is 0 Å². The molecule has 2 unspecified atom stereocenters. The number of carboxylic acids is 2. The van der Waals surface area contributed by atoms with Crippen molar-refractivity contribution in [1.82, 2.24) is 15.2 Å². The van der Waals surface area contributed by atoms with Gasteiger partial charge in [0.2, 0.25) is 0 Å². The number of likely N-dealkylation sites (tertiary alicyclic amines) is 1. The second-order valence-corrected chi connectivity index (χ2v) is 9.08. The van der Waals surface area contributed by atoms with Crippen molar-refractivity contribution in [2.45, 2.75) is 37.0 Å². The highest BCUT2D eigenvalue weighted by molar-refractivity contribution is 5.88. The van der Waals surface area contributed by atoms with E-state index in [1.165, 1.54) is 22.0 Å². The molecule has 1 aliphatic carbocycles. The zero-order chi connectivity index (χ0) is 26.4. The van der Waals surface area contributed by atoms with Gasteiger partial charge in [-0.3, -0.25) is 0 Å². The monoisotopic (exact) mass is 507 g/mol. The first-order valence-electron chi connectivity index (χ1n) is 11.6. The summed E-state index contributed by atoms with van der Waals surface area (Å²) in [5, 5.41) is 36.9. The van der Waals surface area contributed by atoms with Crippen LogP contribution >= 0.6 is 0 Å². The summed E-state index contributed by atoms with van der Waals surface area (Å²) in [7, 11) is 3.80. The number of H-pyrrole nitrogens is 1. The Morgan fingerprint density at radius 1 is 1.17 bits per heavy atom. The van der Waals surface area contributed by atoms with Crippen LogP contribution in [0.2, 0.25) is 0 Å². The first-order chi connectivity index (χ1) is 17.1. The molecule has 0 radical (unpaired) electrons. The fourth-order valence-electron chi connectivity index (χ4n) is 4.97. The lowest BCUT2D eigenvalue weighted by molar-refractivity contribution is -0.165. The van der Waals surface area contributed by atoms with E-state index < -0.39 is 24.1 Å². The number of carbonyl (C=O) groups excluding carboxylic acids is 1. The molecule has 0 saturated carbocycles. The summed E-state index contributed by atoms with van der Waals surface area (Å²) in [6.07, 6.45) is -0.531. The maximum atomic E-state index is 11.8. The standard InChI is InChI=1S/C20H27N3O3.C4H6O6/c1-23-12-13(10-22-20(24)26-7-6-25-2)8-16-15-4-3-5-17-19(15)14(11-21-17)9-18(16)23;5-1(3(7)8)2(6)4(9)10/h3-5,11,13,16,18,21H,6-10,12H2,1-2H3,(H,22,24);1-2,5-6H,(H,7,8)(H,9,10)/t13-,16+,18+;/m0./s1. The van der Waals surface area contributed by atoms with Gasteiger partial charge in [-0.25, -0.2) is 14.4 Å². The minimum absolute atomic E-state index is 0.288. The highest BCUT2D eigenvalue weighted by Crippen LogP contribution is 2.44. The highest BCUT2D eigenvalue weighted by atomic mass is 16.6. The third-order valence-corrected chi connectivity index (χ3v) is 6.67. The third kappa shape index (κ3) is 6.32. The van der Waals surface area contributed by atoms with Crippen LogP contribution < -0.4 is 5.32 Å². The van der Waals surface area contributed by atoms with Crippen LogP contribution in [0.5, 0.6) is 0 Å². The Hall–Kier alpha value is -3.19. The van der Waals surface area contributed by atoms with E-state index in [1.807, 2.05) is 0 Å². The lowest BCUT2D eigenvalue weighted by Crippen LogP contribution is -2.50. The molecule has 1 amide bonds. The lowest BCUT2D eigenvalue weighted by atomic mass is 9.72. The maximum Gasteiger partial charge on any atom is 0.407 e. The Kier molecular flexibility index (Phi) is 9.26. The quantitative estimate of drug-likeness (QED) is 0.273. The molecular weight excluding hydrogens is 474 g/mol. The smallest absolute Gasteiger partial charge is 0.407 e. The van der Waals surface area contributed by atoms with Gasteiger partial charge in [-0.05, 0) is 43.0 Å². The summed E-state index contributed by atoms with van der Waals surface area (Å²) in [6, 6.07) is 7.12. The van der Waals surface area contributed by atoms with E-state index in [2.05, 4.69) is 46.6 Å². The zero-order valence-corrected chi connectivity index (χ0v) is 20.2. The highest BCUT2D eigenvalue weighted by Gasteiger charge is 2.39. The Morgan fingerprint density at radius 3 is 2.50 bits per heavy atom. The number of likely N-dealkylation sites (N-methyl/N-ethyl adjacent to an activating group) is 1. The number of aromatic nitrogens is 1. The second-order valence-electron chi connectivity index (χ2n) is 9.08. The minimum Gasteiger partial charge on any atom is -0.479 e. The van der Waals surface area contributed by atoms with Gasteiger partial charge in [0.1, 0.15) is 6.61 Å². The predicted octanol–water partition coefficient (Wildman–Crippen LogP) is 0.378. The van der Waals surface area contributed by atoms with E-state index in [4.69, 9.17) is 29.9 Å². The predicted molar refractivity (Wildman–Crippen MR) is 128 cm³/mol. The summed E-state index contributed by atoms with van der Waals surface area (Å²) in [6.45, 7) is 2.35. The molecule has 6 N–H and O–H groups in total. The maximum absolute atomic E-state index is 11.8. The molecule has 12 heteroatoms. The van der Waals surface area contributed by atoms with Crippen molar-refractivity contribution in [3.63, 3.8) is 0 Å². The number of nitrogens with one attached hydrogen (secondary N) is 2. The molecule has 1 aromatic heterocycles. The van der Waals surface area contributed by atoms with Gasteiger partial charge >= 0.3 is 18.0 Å². The first kappa shape index (κ1) is 27.4. The number of aliphatic hydroxyl groups excluding tert-OH is 2. The number of benzene rings is 1. The fourth-order valence-corrected chi connectivity index (χ4v) is 4.97. The Morgan fingerprint density at radius 2 is 1.86 bits per heavy atom. The van der Waals surface area contributed by atoms with Crippen LogP contribution in [0.15, 0.2) is 24.4 Å². The number of nitrogens with zero attached hydrogens (tertiary/aromatic N) is 1. The summed E-state index contributed by atoms with van der Waals surface area (Å²) in [4.78, 5) is 37.2. The minimum atomic E-state index is -2.27. The van der Waals surface area contributed by atoms with Crippen molar-refractivity contribution >= 4 is 28.9 Å². The number of rotatable bonds is 8. The molecule has 1 aromatic carbocycles. The van der Waals surface area contributed by atoms with Gasteiger partial charge in [0.15, 0.2) is 12.2 Å². The summed E-state index contributed by atoms with van der Waals surface area (Å²) in [5.74, 6) is -2.60. The van der Waals surface area contributed by atoms with Crippen molar-refractivity contribution in [2.75, 3.05) is 40.5 Å². The number of carboxylic acid groups (broad SMARTS) is 2. The van der Waals surface area contributed by atoms with E-state index in [0.29, 0.717) is 31.0 Å². The van der Waals surface area contributed by atoms with Gasteiger partial charge in [-0.1, -0.05) is 12.1 Å². The van der Waals surface area contributed by atoms with E-state index in [0.717, 1.165) is 19.4 Å². The molecule has 1 saturated heterocycles. The second kappa shape index (κ2) is 12.2. The number of hydrogen-bond donors (Lipinski definition) is 6. The average Bonchev–Trinajstić information content (AvgIpc) is 3.27. The number of carbonyl (C=O) groups is 3. The van der Waals surface area contributed by atoms with Crippen LogP contribution in [-0.2, 0) is 25.5 Å². The van der Waals surface area contributed by atoms with Gasteiger partial charge in [0.05, 0.1) is 6.61 Å². The number of amides is 1. The van der Waals surface area contributed by atoms with Crippen molar-refractivity contribution in [3.8, 4) is 0 Å². The molecule has 0 bridgehead atoms. The summed E-state index contributed by atoms with van der Waals surface area (Å²) >= 11 is 0. The van der Waals surface area contributed by atoms with Gasteiger partial charge < -0.3 is 45.1 Å². The topological polar surface area (TPSA) is 182 Å². The van der Waals surface area contributed by atoms with E-state index in [9.17, 15) is 14.4 Å². The third-order valence-electron chi connectivity index (χ3n) is 6.67. The number of piperidine rings is 1. The molecule has 2 aliphatic rings. The Bertz CT molecular complexity index is 1050. The number of aliphatic hydroxyl groups is 2. The number of fused-ring (bicyclic) bond motifs is 2. The van der Waals surface area contributed by atoms with Gasteiger partial charge in [0.25, 0.3) is 0 Å². The first-order valence-corrected chi connectivity index (χ1v) is 11.6. The number of hydrogen-bond acceptors (Lipinski definition) is 8. The summed E-state index contributed by atoms with van der Waals surface area (Å²) in [5.41, 5.74) is 4.12. The molecule has 2 aromatic rings. The van der Waals surface area contributed by atoms with Crippen molar-refractivity contribution in [2.24, 2.45) is 5.92 Å². The Balaban J connectivity index is 0.000000308. The van der Waals surface area contributed by atoms with Gasteiger partial charge in [-0.2, -0.15) is 0 Å². The number of aromatic amines is 1. The zero-order valence-electron chi connectivity index (χ0n) is 20.2. The van der Waals surface area contributed by atoms with E-state index >= 15 is 0 Å². The molecule has 198 valence electrons. The van der Waals surface area contributed by atoms with Crippen molar-refractivity contribution < 1.29 is 44.3 Å². The van der Waals surface area contributed by atoms with Crippen LogP contribution in [0.1, 0.15) is 23.5 Å². The van der Waals surface area contributed by atoms with Crippen LogP contribution in [0, 0.1) is 5.92 Å². The van der Waals surface area contributed by atoms with Crippen LogP contribution in [0.3, 0.4) is 0 Å². The molecular formula is C24H33N3O9. The van der Waals surface area contributed by atoms with Crippen LogP contribution in [0.25, 0.3) is 10.9 Å². The molecule has 0 spiro atoms. The number of aliphatic carboxylic acids is 2. The van der Waals surface area contributed by atoms with Gasteiger partial charge in [0, 0.05) is 49.3 Å². The average molecular weight is 508 g/mol. The number of ether oxygens (including phenoxy) is 2. The lowest BCUT2D eigenvalue weighted by Gasteiger charge is -2.45. The molecule has 1 fully saturated rings. The summed E-state index contributed by atoms with van der Waals surface area (Å²) < 4.78 is 9.99. The van der Waals surface area contributed by atoms with Crippen LogP contribution in [-0.4, -0.2) is 107 Å². The fraction of sp³-hybridized carbons (Fsp3) is 0.542.